The second-order valence-electron chi connectivity index (χ2n) is 2.69. The molecule has 13 heavy (non-hydrogen) atoms. The van der Waals surface area contributed by atoms with Crippen LogP contribution in [0.2, 0.25) is 0 Å². The van der Waals surface area contributed by atoms with Gasteiger partial charge in [0.25, 0.3) is 0 Å². The number of thiol groups is 1. The Balaban J connectivity index is 2.91. The van der Waals surface area contributed by atoms with E-state index in [0.717, 1.165) is 22.2 Å². The number of hydrogen-bond acceptors (Lipinski definition) is 1. The highest BCUT2D eigenvalue weighted by Gasteiger charge is 1.96. The summed E-state index contributed by atoms with van der Waals surface area (Å²) in [5.41, 5.74) is 2.30. The van der Waals surface area contributed by atoms with Gasteiger partial charge in [-0.15, -0.1) is 0 Å². The molecule has 0 unspecified atom stereocenters. The van der Waals surface area contributed by atoms with Crippen LogP contribution in [0.3, 0.4) is 0 Å². The molecule has 0 N–H and O–H groups in total. The van der Waals surface area contributed by atoms with Crippen molar-refractivity contribution in [2.45, 2.75) is 13.3 Å². The minimum atomic E-state index is 0.819. The number of rotatable bonds is 1. The third-order valence-corrected chi connectivity index (χ3v) is 2.81. The van der Waals surface area contributed by atoms with Crippen molar-refractivity contribution in [3.05, 3.63) is 33.8 Å². The highest BCUT2D eigenvalue weighted by Crippen LogP contribution is 2.18. The molecular weight excluding hydrogens is 244 g/mol. The molecule has 0 atom stereocenters. The van der Waals surface area contributed by atoms with E-state index in [0.29, 0.717) is 0 Å². The maximum Gasteiger partial charge on any atom is 0.0285 e. The summed E-state index contributed by atoms with van der Waals surface area (Å²) in [4.78, 5) is 0. The first-order chi connectivity index (χ1) is 6.25. The molecule has 0 fully saturated rings. The van der Waals surface area contributed by atoms with Gasteiger partial charge in [-0.2, -0.15) is 12.6 Å². The molecule has 2 heteroatoms. The van der Waals surface area contributed by atoms with Crippen LogP contribution < -0.4 is 0 Å². The van der Waals surface area contributed by atoms with Crippen molar-refractivity contribution in [2.75, 3.05) is 5.75 Å². The van der Waals surface area contributed by atoms with Crippen LogP contribution in [0, 0.1) is 18.8 Å². The number of hydrogen-bond donors (Lipinski definition) is 1. The average molecular weight is 255 g/mol. The van der Waals surface area contributed by atoms with Gasteiger partial charge >= 0.3 is 0 Å². The summed E-state index contributed by atoms with van der Waals surface area (Å²) in [6, 6.07) is 6.06. The quantitative estimate of drug-likeness (QED) is 0.577. The highest BCUT2D eigenvalue weighted by molar-refractivity contribution is 9.10. The summed E-state index contributed by atoms with van der Waals surface area (Å²) >= 11 is 7.57. The first kappa shape index (κ1) is 10.7. The van der Waals surface area contributed by atoms with E-state index in [-0.39, 0.29) is 0 Å². The van der Waals surface area contributed by atoms with Crippen LogP contribution >= 0.6 is 28.6 Å². The van der Waals surface area contributed by atoms with Crippen molar-refractivity contribution in [1.82, 2.24) is 0 Å². The topological polar surface area (TPSA) is 0 Å². The molecule has 0 heterocycles. The average Bonchev–Trinajstić information content (AvgIpc) is 2.13. The van der Waals surface area contributed by atoms with Gasteiger partial charge in [-0.3, -0.25) is 0 Å². The van der Waals surface area contributed by atoms with Gasteiger partial charge in [0.2, 0.25) is 0 Å². The van der Waals surface area contributed by atoms with Crippen molar-refractivity contribution in [3.8, 4) is 11.8 Å². The lowest BCUT2D eigenvalue weighted by atomic mass is 10.1. The minimum absolute atomic E-state index is 0.819. The molecule has 0 aliphatic carbocycles. The van der Waals surface area contributed by atoms with Gasteiger partial charge in [0.1, 0.15) is 0 Å². The number of halogens is 1. The Morgan fingerprint density at radius 2 is 2.23 bits per heavy atom. The lowest BCUT2D eigenvalue weighted by molar-refractivity contribution is 1.30. The lowest BCUT2D eigenvalue weighted by Gasteiger charge is -1.99. The summed E-state index contributed by atoms with van der Waals surface area (Å²) in [6.07, 6.45) is 0.842. The molecule has 0 aromatic heterocycles. The molecule has 0 aliphatic heterocycles. The van der Waals surface area contributed by atoms with Gasteiger partial charge in [-0.1, -0.05) is 33.8 Å². The molecule has 1 rings (SSSR count). The van der Waals surface area contributed by atoms with Gasteiger partial charge in [0.05, 0.1) is 0 Å². The Hall–Kier alpha value is -0.390. The summed E-state index contributed by atoms with van der Waals surface area (Å²) in [5.74, 6) is 7.02. The second kappa shape index (κ2) is 5.36. The van der Waals surface area contributed by atoms with Gasteiger partial charge in [-0.05, 0) is 24.6 Å². The van der Waals surface area contributed by atoms with Crippen molar-refractivity contribution >= 4 is 28.6 Å². The molecular formula is C11H11BrS. The zero-order chi connectivity index (χ0) is 9.68. The number of benzene rings is 1. The van der Waals surface area contributed by atoms with Crippen molar-refractivity contribution < 1.29 is 0 Å². The summed E-state index contributed by atoms with van der Waals surface area (Å²) < 4.78 is 1.12. The van der Waals surface area contributed by atoms with Crippen molar-refractivity contribution in [3.63, 3.8) is 0 Å². The van der Waals surface area contributed by atoms with Crippen molar-refractivity contribution in [2.24, 2.45) is 0 Å². The van der Waals surface area contributed by atoms with Crippen LogP contribution in [0.1, 0.15) is 17.5 Å². The summed E-state index contributed by atoms with van der Waals surface area (Å²) in [6.45, 7) is 2.06. The maximum atomic E-state index is 4.10. The predicted molar refractivity (Wildman–Crippen MR) is 64.2 cm³/mol. The van der Waals surface area contributed by atoms with E-state index in [1.54, 1.807) is 0 Å². The molecule has 0 saturated carbocycles. The van der Waals surface area contributed by atoms with E-state index >= 15 is 0 Å². The van der Waals surface area contributed by atoms with Crippen LogP contribution in [-0.4, -0.2) is 5.75 Å². The normalized spacial score (nSPS) is 9.15. The Kier molecular flexibility index (Phi) is 4.41. The monoisotopic (exact) mass is 254 g/mol. The Morgan fingerprint density at radius 1 is 1.46 bits per heavy atom. The fourth-order valence-corrected chi connectivity index (χ4v) is 1.43. The van der Waals surface area contributed by atoms with E-state index < -0.39 is 0 Å². The first-order valence-electron chi connectivity index (χ1n) is 4.10. The SMILES string of the molecule is Cc1c(Br)cccc1C#CCCS. The maximum absolute atomic E-state index is 4.10. The zero-order valence-electron chi connectivity index (χ0n) is 7.47. The standard InChI is InChI=1S/C11H11BrS/c1-9-10(5-2-3-8-13)6-4-7-11(9)12/h4,6-7,13H,3,8H2,1H3. The van der Waals surface area contributed by atoms with E-state index in [9.17, 15) is 0 Å². The Bertz CT molecular complexity index is 347. The Morgan fingerprint density at radius 3 is 2.92 bits per heavy atom. The largest absolute Gasteiger partial charge is 0.178 e. The van der Waals surface area contributed by atoms with E-state index in [1.807, 2.05) is 18.2 Å². The lowest BCUT2D eigenvalue weighted by Crippen LogP contribution is -1.82. The molecule has 0 spiro atoms. The Labute approximate surface area is 93.3 Å². The van der Waals surface area contributed by atoms with Gasteiger partial charge in [0.15, 0.2) is 0 Å². The fourth-order valence-electron chi connectivity index (χ4n) is 0.957. The molecule has 1 aromatic rings. The smallest absolute Gasteiger partial charge is 0.0285 e. The first-order valence-corrected chi connectivity index (χ1v) is 5.53. The van der Waals surface area contributed by atoms with Gasteiger partial charge < -0.3 is 0 Å². The molecule has 1 aromatic carbocycles. The predicted octanol–water partition coefficient (Wildman–Crippen LogP) is 3.43. The molecule has 0 radical (unpaired) electrons. The van der Waals surface area contributed by atoms with Gasteiger partial charge in [0, 0.05) is 22.2 Å². The zero-order valence-corrected chi connectivity index (χ0v) is 9.95. The van der Waals surface area contributed by atoms with Crippen LogP contribution in [0.25, 0.3) is 0 Å². The molecule has 68 valence electrons. The van der Waals surface area contributed by atoms with Crippen LogP contribution in [0.4, 0.5) is 0 Å². The van der Waals surface area contributed by atoms with Crippen LogP contribution in [0.15, 0.2) is 22.7 Å². The highest BCUT2D eigenvalue weighted by atomic mass is 79.9. The fraction of sp³-hybridized carbons (Fsp3) is 0.273. The summed E-state index contributed by atoms with van der Waals surface area (Å²) in [7, 11) is 0. The van der Waals surface area contributed by atoms with E-state index in [2.05, 4.69) is 47.3 Å². The molecule has 0 nitrogen and oxygen atoms in total. The van der Waals surface area contributed by atoms with E-state index in [4.69, 9.17) is 0 Å². The molecule has 0 aliphatic rings. The minimum Gasteiger partial charge on any atom is -0.178 e. The van der Waals surface area contributed by atoms with Crippen molar-refractivity contribution in [1.29, 1.82) is 0 Å². The second-order valence-corrected chi connectivity index (χ2v) is 3.99. The molecule has 0 amide bonds. The van der Waals surface area contributed by atoms with Crippen LogP contribution in [0.5, 0.6) is 0 Å². The van der Waals surface area contributed by atoms with Crippen LogP contribution in [-0.2, 0) is 0 Å². The molecule has 0 saturated heterocycles. The van der Waals surface area contributed by atoms with Gasteiger partial charge in [-0.25, -0.2) is 0 Å². The molecule has 0 bridgehead atoms. The van der Waals surface area contributed by atoms with E-state index in [1.165, 1.54) is 5.56 Å². The third kappa shape index (κ3) is 3.10. The third-order valence-electron chi connectivity index (χ3n) is 1.73. The summed E-state index contributed by atoms with van der Waals surface area (Å²) in [5, 5.41) is 0.